The molecule has 6 nitrogen and oxygen atoms in total. The van der Waals surface area contributed by atoms with Gasteiger partial charge in [0.2, 0.25) is 8.07 Å². The first-order valence-corrected chi connectivity index (χ1v) is 28.1. The number of fused-ring (bicyclic) bond motifs is 12. The van der Waals surface area contributed by atoms with E-state index in [0.29, 0.717) is 0 Å². The number of hydrogen-bond acceptors (Lipinski definition) is 4. The Morgan fingerprint density at radius 1 is 0.286 bits per heavy atom. The smallest absolute Gasteiger partial charge is 0.233 e. The zero-order chi connectivity index (χ0) is 50.6. The minimum absolute atomic E-state index is 0.751. The molecule has 0 radical (unpaired) electrons. The first-order valence-electron chi connectivity index (χ1n) is 26.1. The van der Waals surface area contributed by atoms with Crippen LogP contribution in [0, 0.1) is 0 Å². The molecule has 0 aliphatic rings. The van der Waals surface area contributed by atoms with E-state index in [-0.39, 0.29) is 0 Å². The van der Waals surface area contributed by atoms with Gasteiger partial charge in [-0.1, -0.05) is 158 Å². The maximum Gasteiger partial charge on any atom is 0.233 e. The number of nitrogens with zero attached hydrogens (tertiary/aromatic N) is 4. The molecule has 0 fully saturated rings. The molecule has 6 heterocycles. The molecule has 0 unspecified atom stereocenters. The summed E-state index contributed by atoms with van der Waals surface area (Å²) in [6.45, 7) is 0. The molecule has 0 bridgehead atoms. The molecule has 10 aromatic carbocycles. The van der Waals surface area contributed by atoms with Crippen LogP contribution in [0.25, 0.3) is 121 Å². The Morgan fingerprint density at radius 2 is 0.636 bits per heavy atom. The second kappa shape index (κ2) is 17.0. The molecule has 16 aromatic rings. The van der Waals surface area contributed by atoms with Crippen LogP contribution in [0.4, 0.5) is 0 Å². The predicted molar refractivity (Wildman–Crippen MR) is 320 cm³/mol. The molecule has 0 aliphatic heterocycles. The van der Waals surface area contributed by atoms with Gasteiger partial charge >= 0.3 is 0 Å². The molecule has 0 amide bonds. The highest BCUT2D eigenvalue weighted by Gasteiger charge is 2.49. The molecule has 0 saturated heterocycles. The maximum absolute atomic E-state index is 7.15. The van der Waals surface area contributed by atoms with E-state index in [0.717, 1.165) is 98.5 Å². The molecule has 0 saturated carbocycles. The van der Waals surface area contributed by atoms with Crippen LogP contribution in [0.15, 0.2) is 276 Å². The van der Waals surface area contributed by atoms with Crippen LogP contribution in [0.2, 0.25) is 0 Å². The Kier molecular flexibility index (Phi) is 9.55. The summed E-state index contributed by atoms with van der Waals surface area (Å²) in [6, 6.07) is 91.2. The molecule has 0 spiro atoms. The summed E-state index contributed by atoms with van der Waals surface area (Å²) < 4.78 is 19.0. The van der Waals surface area contributed by atoms with Gasteiger partial charge in [-0.3, -0.25) is 9.97 Å². The second-order valence-electron chi connectivity index (χ2n) is 20.0. The normalized spacial score (nSPS) is 12.2. The molecule has 0 atom stereocenters. The monoisotopic (exact) mass is 1000 g/mol. The summed E-state index contributed by atoms with van der Waals surface area (Å²) in [7, 11) is -3.49. The minimum Gasteiger partial charge on any atom is -0.455 e. The van der Waals surface area contributed by atoms with Gasteiger partial charge < -0.3 is 18.0 Å². The number of aromatic nitrogens is 4. The van der Waals surface area contributed by atoms with E-state index in [1.165, 1.54) is 43.6 Å². The average molecular weight is 1000 g/mol. The molecular formula is C70H44N4O2Si. The Hall–Kier alpha value is -10.1. The lowest BCUT2D eigenvalue weighted by atomic mass is 10.0. The van der Waals surface area contributed by atoms with Crippen LogP contribution in [-0.4, -0.2) is 27.2 Å². The highest BCUT2D eigenvalue weighted by molar-refractivity contribution is 7.20. The van der Waals surface area contributed by atoms with Gasteiger partial charge in [-0.05, 0) is 130 Å². The second-order valence-corrected chi connectivity index (χ2v) is 23.6. The van der Waals surface area contributed by atoms with E-state index in [2.05, 4.69) is 264 Å². The predicted octanol–water partition coefficient (Wildman–Crippen LogP) is 15.2. The lowest BCUT2D eigenvalue weighted by Gasteiger charge is -2.31. The van der Waals surface area contributed by atoms with E-state index in [9.17, 15) is 0 Å². The van der Waals surface area contributed by atoms with Crippen molar-refractivity contribution in [2.24, 2.45) is 0 Å². The SMILES string of the molecule is c1ccc(-n2c3ccccc3c3cc(-c4ccc5oc6c([Si](c7ccccc7)(c7ccccc7)c7nccc8c7oc7ccc(-c9ccc%10c(c9)c9ccccc9n%10-c9ccccc9)cc78)nccc6c5c4)ccc32)cc1. The third-order valence-electron chi connectivity index (χ3n) is 15.9. The van der Waals surface area contributed by atoms with Gasteiger partial charge in [0.25, 0.3) is 0 Å². The first kappa shape index (κ1) is 43.3. The van der Waals surface area contributed by atoms with Gasteiger partial charge in [-0.2, -0.15) is 0 Å². The number of para-hydroxylation sites is 4. The van der Waals surface area contributed by atoms with Crippen molar-refractivity contribution >= 4 is 117 Å². The Labute approximate surface area is 443 Å². The summed E-state index contributed by atoms with van der Waals surface area (Å²) >= 11 is 0. The summed E-state index contributed by atoms with van der Waals surface area (Å²) in [5.74, 6) is 0. The van der Waals surface area contributed by atoms with Crippen molar-refractivity contribution in [3.8, 4) is 33.6 Å². The van der Waals surface area contributed by atoms with E-state index in [4.69, 9.17) is 18.8 Å². The number of furan rings is 2. The molecule has 16 rings (SSSR count). The third-order valence-corrected chi connectivity index (χ3v) is 20.5. The van der Waals surface area contributed by atoms with Gasteiger partial charge in [-0.15, -0.1) is 0 Å². The summed E-state index contributed by atoms with van der Waals surface area (Å²) in [5.41, 5.74) is 14.6. The van der Waals surface area contributed by atoms with Gasteiger partial charge in [0.05, 0.1) is 32.7 Å². The van der Waals surface area contributed by atoms with Crippen molar-refractivity contribution in [2.45, 2.75) is 0 Å². The zero-order valence-corrected chi connectivity index (χ0v) is 42.5. The van der Waals surface area contributed by atoms with Crippen LogP contribution in [0.1, 0.15) is 0 Å². The lowest BCUT2D eigenvalue weighted by Crippen LogP contribution is -2.76. The lowest BCUT2D eigenvalue weighted by molar-refractivity contribution is 0.669. The Balaban J connectivity index is 0.878. The maximum atomic E-state index is 7.15. The van der Waals surface area contributed by atoms with Crippen LogP contribution in [0.5, 0.6) is 0 Å². The van der Waals surface area contributed by atoms with Crippen LogP contribution in [-0.2, 0) is 0 Å². The molecule has 360 valence electrons. The van der Waals surface area contributed by atoms with Gasteiger partial charge in [0, 0.05) is 66.9 Å². The molecular weight excluding hydrogens is 957 g/mol. The molecule has 0 aliphatic carbocycles. The fourth-order valence-electron chi connectivity index (χ4n) is 12.5. The van der Waals surface area contributed by atoms with Crippen molar-refractivity contribution < 1.29 is 8.83 Å². The highest BCUT2D eigenvalue weighted by Crippen LogP contribution is 2.40. The molecule has 77 heavy (non-hydrogen) atoms. The van der Waals surface area contributed by atoms with Crippen LogP contribution >= 0.6 is 0 Å². The van der Waals surface area contributed by atoms with E-state index < -0.39 is 8.07 Å². The first-order chi connectivity index (χ1) is 38.2. The molecule has 7 heteroatoms. The Bertz CT molecular complexity index is 4660. The van der Waals surface area contributed by atoms with Gasteiger partial charge in [0.15, 0.2) is 11.2 Å². The number of hydrogen-bond donors (Lipinski definition) is 0. The van der Waals surface area contributed by atoms with Crippen molar-refractivity contribution in [3.63, 3.8) is 0 Å². The fourth-order valence-corrected chi connectivity index (χ4v) is 17.1. The zero-order valence-electron chi connectivity index (χ0n) is 41.5. The van der Waals surface area contributed by atoms with E-state index in [1.54, 1.807) is 0 Å². The Morgan fingerprint density at radius 3 is 1.06 bits per heavy atom. The van der Waals surface area contributed by atoms with Gasteiger partial charge in [0.1, 0.15) is 11.2 Å². The molecule has 6 aromatic heterocycles. The standard InChI is InChI=1S/C70H44N4O2Si/c1-5-17-49(18-6-1)73-61-27-15-13-25-53(61)57-41-45(29-33-63(57)73)47-31-35-65-59(43-47)55-37-39-71-69(67(55)75-65)77(51-21-9-3-10-22-51,52-23-11-4-12-24-52)70-68-56(38-40-72-70)60-44-48(32-36-66(60)76-68)46-30-34-64-58(42-46)54-26-14-16-28-62(54)74(64)50-19-7-2-8-20-50/h1-44H. The van der Waals surface area contributed by atoms with Crippen molar-refractivity contribution in [3.05, 3.63) is 267 Å². The van der Waals surface area contributed by atoms with E-state index in [1.807, 2.05) is 12.4 Å². The topological polar surface area (TPSA) is 61.9 Å². The summed E-state index contributed by atoms with van der Waals surface area (Å²) in [4.78, 5) is 10.9. The fraction of sp³-hybridized carbons (Fsp3) is 0. The van der Waals surface area contributed by atoms with E-state index >= 15 is 0 Å². The summed E-state index contributed by atoms with van der Waals surface area (Å²) in [6.07, 6.45) is 3.91. The van der Waals surface area contributed by atoms with Crippen molar-refractivity contribution in [1.82, 2.24) is 19.1 Å². The number of benzene rings is 10. The molecule has 0 N–H and O–H groups in total. The van der Waals surface area contributed by atoms with Crippen molar-refractivity contribution in [1.29, 1.82) is 0 Å². The van der Waals surface area contributed by atoms with Crippen molar-refractivity contribution in [2.75, 3.05) is 0 Å². The average Bonchev–Trinajstić information content (AvgIpc) is 4.48. The largest absolute Gasteiger partial charge is 0.455 e. The quantitative estimate of drug-likeness (QED) is 0.142. The third kappa shape index (κ3) is 6.48. The number of rotatable bonds is 8. The van der Waals surface area contributed by atoms with Crippen LogP contribution in [0.3, 0.4) is 0 Å². The minimum atomic E-state index is -3.49. The number of pyridine rings is 2. The highest BCUT2D eigenvalue weighted by atomic mass is 28.3. The summed E-state index contributed by atoms with van der Waals surface area (Å²) in [5, 5.41) is 12.9. The van der Waals surface area contributed by atoms with Crippen LogP contribution < -0.4 is 21.0 Å². The van der Waals surface area contributed by atoms with Gasteiger partial charge in [-0.25, -0.2) is 0 Å².